The van der Waals surface area contributed by atoms with E-state index >= 15 is 0 Å². The van der Waals surface area contributed by atoms with Crippen molar-refractivity contribution in [2.75, 3.05) is 50.4 Å². The van der Waals surface area contributed by atoms with E-state index in [0.29, 0.717) is 40.3 Å². The number of piperazine rings is 1. The molecule has 0 radical (unpaired) electrons. The Morgan fingerprint density at radius 3 is 2.45 bits per heavy atom. The van der Waals surface area contributed by atoms with Gasteiger partial charge in [0.15, 0.2) is 0 Å². The Morgan fingerprint density at radius 2 is 1.79 bits per heavy atom. The summed E-state index contributed by atoms with van der Waals surface area (Å²) < 4.78 is 14.8. The number of likely N-dealkylation sites (N-methyl/N-ethyl adjacent to an activating group) is 1. The smallest absolute Gasteiger partial charge is 0.320 e. The maximum absolute atomic E-state index is 14.8. The normalized spacial score (nSPS) is 14.0. The molecule has 0 aliphatic carbocycles. The third-order valence-electron chi connectivity index (χ3n) is 6.83. The van der Waals surface area contributed by atoms with Gasteiger partial charge in [0, 0.05) is 73.4 Å². The minimum absolute atomic E-state index is 0.0964. The third kappa shape index (κ3) is 9.11. The molecule has 0 atom stereocenters. The number of aromatic nitrogens is 1. The van der Waals surface area contributed by atoms with Crippen molar-refractivity contribution in [1.82, 2.24) is 20.1 Å². The van der Waals surface area contributed by atoms with E-state index in [9.17, 15) is 19.1 Å². The summed E-state index contributed by atoms with van der Waals surface area (Å²) in [5, 5.41) is 17.7. The highest BCUT2D eigenvalue weighted by Crippen LogP contribution is 2.19. The van der Waals surface area contributed by atoms with Crippen LogP contribution in [-0.2, 0) is 6.54 Å². The van der Waals surface area contributed by atoms with Gasteiger partial charge in [0.1, 0.15) is 11.6 Å². The van der Waals surface area contributed by atoms with Gasteiger partial charge in [-0.1, -0.05) is 24.0 Å². The number of amides is 3. The van der Waals surface area contributed by atoms with Gasteiger partial charge < -0.3 is 20.6 Å². The molecular weight excluding hydrogens is 535 g/mol. The number of nitrogens with one attached hydrogen (secondary N) is 3. The van der Waals surface area contributed by atoms with E-state index < -0.39 is 11.6 Å². The van der Waals surface area contributed by atoms with Crippen molar-refractivity contribution in [3.05, 3.63) is 88.4 Å². The van der Waals surface area contributed by atoms with Crippen LogP contribution in [0.4, 0.5) is 20.7 Å². The van der Waals surface area contributed by atoms with Crippen LogP contribution in [0.5, 0.6) is 0 Å². The molecule has 4 N–H and O–H groups in total. The fourth-order valence-electron chi connectivity index (χ4n) is 4.24. The molecule has 1 aromatic heterocycles. The van der Waals surface area contributed by atoms with E-state index in [-0.39, 0.29) is 18.3 Å². The number of carbonyl (C=O) groups excluding carboxylic acids is 2. The van der Waals surface area contributed by atoms with Crippen LogP contribution in [-0.4, -0.2) is 77.2 Å². The molecule has 1 saturated heterocycles. The van der Waals surface area contributed by atoms with Crippen molar-refractivity contribution in [3.8, 4) is 11.8 Å². The summed E-state index contributed by atoms with van der Waals surface area (Å²) in [4.78, 5) is 33.6. The number of nitrogens with zero attached hydrogens (tertiary/aromatic N) is 3. The Hall–Kier alpha value is -4.30. The first-order valence-electron chi connectivity index (χ1n) is 13.8. The Labute approximate surface area is 246 Å². The molecular formula is C32H37FN6O3. The molecule has 4 rings (SSSR count). The molecule has 1 fully saturated rings. The molecule has 0 unspecified atom stereocenters. The summed E-state index contributed by atoms with van der Waals surface area (Å²) in [6.45, 7) is 9.45. The van der Waals surface area contributed by atoms with Crippen LogP contribution in [0.1, 0.15) is 46.5 Å². The van der Waals surface area contributed by atoms with Gasteiger partial charge in [-0.2, -0.15) is 0 Å². The Bertz CT molecular complexity index is 1480. The molecule has 0 spiro atoms. The number of benzene rings is 2. The minimum Gasteiger partial charge on any atom is -0.389 e. The summed E-state index contributed by atoms with van der Waals surface area (Å²) in [7, 11) is 2.08. The van der Waals surface area contributed by atoms with Crippen LogP contribution < -0.4 is 16.0 Å². The van der Waals surface area contributed by atoms with Crippen LogP contribution in [0.2, 0.25) is 0 Å². The first kappa shape index (κ1) is 30.7. The number of urea groups is 1. The molecule has 1 aliphatic heterocycles. The number of carbonyl (C=O) groups is 2. The van der Waals surface area contributed by atoms with Crippen molar-refractivity contribution >= 4 is 23.4 Å². The Balaban J connectivity index is 1.36. The summed E-state index contributed by atoms with van der Waals surface area (Å²) in [6, 6.07) is 12.9. The predicted molar refractivity (Wildman–Crippen MR) is 162 cm³/mol. The van der Waals surface area contributed by atoms with Crippen LogP contribution in [0, 0.1) is 24.6 Å². The van der Waals surface area contributed by atoms with Gasteiger partial charge in [-0.3, -0.25) is 15.0 Å². The summed E-state index contributed by atoms with van der Waals surface area (Å²) in [5.74, 6) is 5.75. The number of hydrogen-bond donors (Lipinski definition) is 4. The highest BCUT2D eigenvalue weighted by atomic mass is 19.1. The van der Waals surface area contributed by atoms with E-state index in [0.717, 1.165) is 31.7 Å². The van der Waals surface area contributed by atoms with Crippen molar-refractivity contribution < 1.29 is 19.1 Å². The monoisotopic (exact) mass is 572 g/mol. The van der Waals surface area contributed by atoms with Gasteiger partial charge in [-0.25, -0.2) is 14.2 Å². The topological polar surface area (TPSA) is 110 Å². The molecule has 10 heteroatoms. The first-order valence-corrected chi connectivity index (χ1v) is 13.8. The van der Waals surface area contributed by atoms with Crippen molar-refractivity contribution in [2.24, 2.45) is 0 Å². The Kier molecular flexibility index (Phi) is 9.91. The van der Waals surface area contributed by atoms with E-state index in [2.05, 4.69) is 49.6 Å². The van der Waals surface area contributed by atoms with Gasteiger partial charge in [0.25, 0.3) is 5.91 Å². The quantitative estimate of drug-likeness (QED) is 0.321. The zero-order valence-electron chi connectivity index (χ0n) is 24.4. The first-order chi connectivity index (χ1) is 19.9. The zero-order valence-corrected chi connectivity index (χ0v) is 24.4. The number of aliphatic hydroxyl groups is 1. The average Bonchev–Trinajstić information content (AvgIpc) is 2.94. The van der Waals surface area contributed by atoms with Gasteiger partial charge in [0.2, 0.25) is 0 Å². The number of halogens is 1. The van der Waals surface area contributed by atoms with E-state index in [1.165, 1.54) is 12.3 Å². The zero-order chi connectivity index (χ0) is 30.3. The van der Waals surface area contributed by atoms with E-state index in [4.69, 9.17) is 0 Å². The summed E-state index contributed by atoms with van der Waals surface area (Å²) in [6.07, 6.45) is 1.53. The largest absolute Gasteiger partial charge is 0.389 e. The maximum Gasteiger partial charge on any atom is 0.320 e. The van der Waals surface area contributed by atoms with Crippen LogP contribution in [0.25, 0.3) is 0 Å². The molecule has 1 aliphatic rings. The van der Waals surface area contributed by atoms with Gasteiger partial charge in [0.05, 0.1) is 5.60 Å². The van der Waals surface area contributed by atoms with Crippen molar-refractivity contribution in [3.63, 3.8) is 0 Å². The summed E-state index contributed by atoms with van der Waals surface area (Å²) >= 11 is 0. The molecule has 42 heavy (non-hydrogen) atoms. The highest BCUT2D eigenvalue weighted by Gasteiger charge is 2.17. The van der Waals surface area contributed by atoms with Crippen LogP contribution >= 0.6 is 0 Å². The lowest BCUT2D eigenvalue weighted by Crippen LogP contribution is -2.44. The second-order valence-electron chi connectivity index (χ2n) is 11.2. The number of rotatable bonds is 7. The van der Waals surface area contributed by atoms with Gasteiger partial charge in [-0.05, 0) is 69.8 Å². The van der Waals surface area contributed by atoms with Crippen LogP contribution in [0.3, 0.4) is 0 Å². The van der Waals surface area contributed by atoms with Gasteiger partial charge >= 0.3 is 6.03 Å². The number of pyridine rings is 1. The second kappa shape index (κ2) is 13.6. The highest BCUT2D eigenvalue weighted by molar-refractivity contribution is 6.04. The molecule has 2 heterocycles. The number of anilines is 2. The SMILES string of the molecule is Cc1ccc(C(=O)Nc2ccc(CN3CCN(C)CC3)c(F)c2)cc1C#Cc1ccc(NC(=O)NCC(C)(C)O)nc1. The van der Waals surface area contributed by atoms with E-state index in [1.54, 1.807) is 50.2 Å². The second-order valence-corrected chi connectivity index (χ2v) is 11.2. The molecule has 0 bridgehead atoms. The van der Waals surface area contributed by atoms with Crippen molar-refractivity contribution in [1.29, 1.82) is 0 Å². The third-order valence-corrected chi connectivity index (χ3v) is 6.83. The lowest BCUT2D eigenvalue weighted by molar-refractivity contribution is 0.0826. The molecule has 2 aromatic carbocycles. The minimum atomic E-state index is -1.02. The molecule has 9 nitrogen and oxygen atoms in total. The Morgan fingerprint density at radius 1 is 1.02 bits per heavy atom. The number of aryl methyl sites for hydroxylation is 1. The molecule has 0 saturated carbocycles. The lowest BCUT2D eigenvalue weighted by atomic mass is 10.0. The molecule has 3 aromatic rings. The fraction of sp³-hybridized carbons (Fsp3) is 0.344. The lowest BCUT2D eigenvalue weighted by Gasteiger charge is -2.32. The number of hydrogen-bond acceptors (Lipinski definition) is 6. The maximum atomic E-state index is 14.8. The molecule has 220 valence electrons. The van der Waals surface area contributed by atoms with E-state index in [1.807, 2.05) is 13.0 Å². The fourth-order valence-corrected chi connectivity index (χ4v) is 4.24. The van der Waals surface area contributed by atoms with Gasteiger partial charge in [-0.15, -0.1) is 0 Å². The predicted octanol–water partition coefficient (Wildman–Crippen LogP) is 3.82. The average molecular weight is 573 g/mol. The van der Waals surface area contributed by atoms with Crippen LogP contribution in [0.15, 0.2) is 54.7 Å². The summed E-state index contributed by atoms with van der Waals surface area (Å²) in [5.41, 5.74) is 2.58. The standard InChI is InChI=1S/C32H37FN6O3/c1-22-5-8-25(30(40)36-27-11-10-26(28(33)18-27)20-39-15-13-38(4)14-16-39)17-24(22)9-6-23-7-12-29(34-19-23)37-31(41)35-21-32(2,3)42/h5,7-8,10-12,17-19,42H,13-16,20-21H2,1-4H3,(H,36,40)(H2,34,35,37,41). The van der Waals surface area contributed by atoms with Crippen molar-refractivity contribution in [2.45, 2.75) is 32.9 Å². The molecule has 3 amide bonds.